The summed E-state index contributed by atoms with van der Waals surface area (Å²) in [4.78, 5) is 0. The maximum atomic E-state index is 11.9. The Hall–Kier alpha value is -0.430. The highest BCUT2D eigenvalue weighted by Crippen LogP contribution is 2.18. The molecule has 0 bridgehead atoms. The van der Waals surface area contributed by atoms with Gasteiger partial charge >= 0.3 is 0 Å². The van der Waals surface area contributed by atoms with Gasteiger partial charge in [-0.1, -0.05) is 19.9 Å². The molecule has 0 saturated heterocycles. The number of hydrogen-bond acceptors (Lipinski definition) is 5. The van der Waals surface area contributed by atoms with Crippen molar-refractivity contribution in [1.29, 1.82) is 0 Å². The number of nitrogens with one attached hydrogen (secondary N) is 1. The molecule has 1 rings (SSSR count). The zero-order valence-electron chi connectivity index (χ0n) is 10.8. The van der Waals surface area contributed by atoms with Crippen molar-refractivity contribution in [2.45, 2.75) is 43.0 Å². The molecule has 0 saturated carbocycles. The number of sulfone groups is 1. The second-order valence-corrected chi connectivity index (χ2v) is 7.50. The zero-order chi connectivity index (χ0) is 13.6. The Bertz CT molecular complexity index is 424. The molecule has 0 fully saturated rings. The van der Waals surface area contributed by atoms with Crippen LogP contribution >= 0.6 is 11.3 Å². The van der Waals surface area contributed by atoms with E-state index < -0.39 is 15.9 Å². The van der Waals surface area contributed by atoms with Crippen molar-refractivity contribution < 1.29 is 13.5 Å². The predicted molar refractivity (Wildman–Crippen MR) is 74.8 cm³/mol. The molecule has 18 heavy (non-hydrogen) atoms. The van der Waals surface area contributed by atoms with E-state index in [1.54, 1.807) is 17.5 Å². The molecular weight excluding hydrogens is 270 g/mol. The van der Waals surface area contributed by atoms with E-state index >= 15 is 0 Å². The van der Waals surface area contributed by atoms with Gasteiger partial charge in [0, 0.05) is 12.6 Å². The van der Waals surface area contributed by atoms with E-state index in [4.69, 9.17) is 0 Å². The van der Waals surface area contributed by atoms with E-state index in [0.29, 0.717) is 16.8 Å². The van der Waals surface area contributed by atoms with Crippen molar-refractivity contribution in [1.82, 2.24) is 5.32 Å². The average molecular weight is 291 g/mol. The second-order valence-electron chi connectivity index (χ2n) is 4.29. The number of thiophene rings is 1. The van der Waals surface area contributed by atoms with Gasteiger partial charge in [-0.25, -0.2) is 8.42 Å². The van der Waals surface area contributed by atoms with Crippen LogP contribution in [0, 0.1) is 0 Å². The molecule has 0 aliphatic heterocycles. The minimum atomic E-state index is -3.35. The van der Waals surface area contributed by atoms with Crippen molar-refractivity contribution in [2.75, 3.05) is 12.3 Å². The first kappa shape index (κ1) is 15.6. The van der Waals surface area contributed by atoms with Gasteiger partial charge in [-0.3, -0.25) is 0 Å². The maximum Gasteiger partial charge on any atom is 0.190 e. The highest BCUT2D eigenvalue weighted by Gasteiger charge is 2.20. The van der Waals surface area contributed by atoms with Crippen LogP contribution < -0.4 is 5.32 Å². The summed E-state index contributed by atoms with van der Waals surface area (Å²) < 4.78 is 24.1. The van der Waals surface area contributed by atoms with Crippen LogP contribution in [0.15, 0.2) is 21.7 Å². The number of aliphatic hydroxyl groups is 1. The monoisotopic (exact) mass is 291 g/mol. The molecule has 1 aromatic heterocycles. The second kappa shape index (κ2) is 7.23. The molecule has 0 spiro atoms. The summed E-state index contributed by atoms with van der Waals surface area (Å²) in [5.41, 5.74) is 0. The molecule has 1 heterocycles. The van der Waals surface area contributed by atoms with Gasteiger partial charge in [-0.15, -0.1) is 11.3 Å². The van der Waals surface area contributed by atoms with Crippen LogP contribution in [-0.2, 0) is 9.84 Å². The quantitative estimate of drug-likeness (QED) is 0.764. The Morgan fingerprint density at radius 2 is 2.06 bits per heavy atom. The third-order valence-electron chi connectivity index (χ3n) is 2.84. The molecule has 2 N–H and O–H groups in total. The summed E-state index contributed by atoms with van der Waals surface area (Å²) in [5, 5.41) is 14.7. The standard InChI is InChI=1S/C12H21NO3S2/c1-3-10(4-2)13-8-11(14)9-18(15,16)12-6-5-7-17-12/h5-7,10-11,13-14H,3-4,8-9H2,1-2H3. The van der Waals surface area contributed by atoms with E-state index in [0.717, 1.165) is 12.8 Å². The maximum absolute atomic E-state index is 11.9. The summed E-state index contributed by atoms with van der Waals surface area (Å²) in [6.45, 7) is 4.45. The van der Waals surface area contributed by atoms with Crippen LogP contribution in [0.25, 0.3) is 0 Å². The molecule has 0 aromatic carbocycles. The fourth-order valence-corrected chi connectivity index (χ4v) is 4.20. The van der Waals surface area contributed by atoms with Crippen molar-refractivity contribution in [3.05, 3.63) is 17.5 Å². The Labute approximate surface area is 113 Å². The van der Waals surface area contributed by atoms with E-state index in [-0.39, 0.29) is 5.75 Å². The van der Waals surface area contributed by atoms with Gasteiger partial charge in [-0.05, 0) is 24.3 Å². The molecular formula is C12H21NO3S2. The first-order valence-corrected chi connectivity index (χ1v) is 8.70. The van der Waals surface area contributed by atoms with Crippen molar-refractivity contribution in [3.63, 3.8) is 0 Å². The highest BCUT2D eigenvalue weighted by molar-refractivity contribution is 7.93. The van der Waals surface area contributed by atoms with Crippen molar-refractivity contribution >= 4 is 21.2 Å². The van der Waals surface area contributed by atoms with Gasteiger partial charge in [0.25, 0.3) is 0 Å². The summed E-state index contributed by atoms with van der Waals surface area (Å²) >= 11 is 1.19. The third-order valence-corrected chi connectivity index (χ3v) is 6.13. The van der Waals surface area contributed by atoms with E-state index in [9.17, 15) is 13.5 Å². The Morgan fingerprint density at radius 1 is 1.39 bits per heavy atom. The Morgan fingerprint density at radius 3 is 2.56 bits per heavy atom. The lowest BCUT2D eigenvalue weighted by Crippen LogP contribution is -2.37. The fraction of sp³-hybridized carbons (Fsp3) is 0.667. The fourth-order valence-electron chi connectivity index (χ4n) is 1.71. The number of hydrogen-bond donors (Lipinski definition) is 2. The largest absolute Gasteiger partial charge is 0.391 e. The van der Waals surface area contributed by atoms with Gasteiger partial charge in [-0.2, -0.15) is 0 Å². The number of aliphatic hydroxyl groups excluding tert-OH is 1. The molecule has 4 nitrogen and oxygen atoms in total. The van der Waals surface area contributed by atoms with Gasteiger partial charge in [0.1, 0.15) is 4.21 Å². The van der Waals surface area contributed by atoms with Crippen LogP contribution in [0.5, 0.6) is 0 Å². The van der Waals surface area contributed by atoms with E-state index in [2.05, 4.69) is 19.2 Å². The van der Waals surface area contributed by atoms with E-state index in [1.807, 2.05) is 0 Å². The third kappa shape index (κ3) is 4.68. The molecule has 0 aliphatic carbocycles. The summed E-state index contributed by atoms with van der Waals surface area (Å²) in [5.74, 6) is -0.222. The Balaban J connectivity index is 2.47. The van der Waals surface area contributed by atoms with Gasteiger partial charge < -0.3 is 10.4 Å². The molecule has 104 valence electrons. The minimum Gasteiger partial charge on any atom is -0.391 e. The van der Waals surface area contributed by atoms with Crippen LogP contribution in [0.4, 0.5) is 0 Å². The smallest absolute Gasteiger partial charge is 0.190 e. The molecule has 6 heteroatoms. The average Bonchev–Trinajstić information content (AvgIpc) is 2.84. The van der Waals surface area contributed by atoms with Crippen LogP contribution in [0.3, 0.4) is 0 Å². The topological polar surface area (TPSA) is 66.4 Å². The highest BCUT2D eigenvalue weighted by atomic mass is 32.2. The zero-order valence-corrected chi connectivity index (χ0v) is 12.4. The summed E-state index contributed by atoms with van der Waals surface area (Å²) in [6, 6.07) is 3.61. The molecule has 0 amide bonds. The lowest BCUT2D eigenvalue weighted by Gasteiger charge is -2.17. The SMILES string of the molecule is CCC(CC)NCC(O)CS(=O)(=O)c1cccs1. The number of rotatable bonds is 8. The normalized spacial score (nSPS) is 14.0. The molecule has 0 radical (unpaired) electrons. The molecule has 1 aromatic rings. The van der Waals surface area contributed by atoms with Gasteiger partial charge in [0.2, 0.25) is 0 Å². The first-order valence-electron chi connectivity index (χ1n) is 6.17. The van der Waals surface area contributed by atoms with Crippen LogP contribution in [-0.4, -0.2) is 38.0 Å². The van der Waals surface area contributed by atoms with Gasteiger partial charge in [0.15, 0.2) is 9.84 Å². The minimum absolute atomic E-state index is 0.222. The van der Waals surface area contributed by atoms with Crippen molar-refractivity contribution in [2.24, 2.45) is 0 Å². The summed E-state index contributed by atoms with van der Waals surface area (Å²) in [6.07, 6.45) is 1.08. The van der Waals surface area contributed by atoms with Crippen LogP contribution in [0.1, 0.15) is 26.7 Å². The predicted octanol–water partition coefficient (Wildman–Crippen LogP) is 1.66. The molecule has 1 atom stereocenters. The summed E-state index contributed by atoms with van der Waals surface area (Å²) in [7, 11) is -3.35. The van der Waals surface area contributed by atoms with Gasteiger partial charge in [0.05, 0.1) is 11.9 Å². The van der Waals surface area contributed by atoms with E-state index in [1.165, 1.54) is 11.3 Å². The lowest BCUT2D eigenvalue weighted by molar-refractivity contribution is 0.187. The van der Waals surface area contributed by atoms with Crippen LogP contribution in [0.2, 0.25) is 0 Å². The molecule has 1 unspecified atom stereocenters. The van der Waals surface area contributed by atoms with Crippen molar-refractivity contribution in [3.8, 4) is 0 Å². The Kier molecular flexibility index (Phi) is 6.28. The first-order chi connectivity index (χ1) is 8.49. The molecule has 0 aliphatic rings. The lowest BCUT2D eigenvalue weighted by atomic mass is 10.2.